The van der Waals surface area contributed by atoms with Crippen LogP contribution >= 0.6 is 7.60 Å². The summed E-state index contributed by atoms with van der Waals surface area (Å²) in [6.45, 7) is 8.30. The van der Waals surface area contributed by atoms with Crippen molar-refractivity contribution in [3.05, 3.63) is 41.2 Å². The lowest BCUT2D eigenvalue weighted by molar-refractivity contribution is 0.229. The molecule has 18 heavy (non-hydrogen) atoms. The van der Waals surface area contributed by atoms with Crippen molar-refractivity contribution in [1.82, 2.24) is 0 Å². The van der Waals surface area contributed by atoms with Gasteiger partial charge in [0.25, 0.3) is 0 Å². The Morgan fingerprint density at radius 2 is 1.67 bits per heavy atom. The molecular weight excluding hydrogens is 247 g/mol. The molecule has 0 N–H and O–H groups in total. The fourth-order valence-corrected chi connectivity index (χ4v) is 3.17. The topological polar surface area (TPSA) is 35.5 Å². The minimum absolute atomic E-state index is 0.370. The van der Waals surface area contributed by atoms with Crippen molar-refractivity contribution in [2.45, 2.75) is 27.7 Å². The van der Waals surface area contributed by atoms with E-state index in [1.165, 1.54) is 5.56 Å². The van der Waals surface area contributed by atoms with Gasteiger partial charge in [0, 0.05) is 5.82 Å². The van der Waals surface area contributed by atoms with Crippen LogP contribution in [0, 0.1) is 6.92 Å². The van der Waals surface area contributed by atoms with Gasteiger partial charge in [-0.2, -0.15) is 0 Å². The second-order valence-electron chi connectivity index (χ2n) is 4.05. The SMILES string of the molecule is CCOP(=O)(/C=C(\C)c1ccc(C)cc1)OCC. The van der Waals surface area contributed by atoms with Gasteiger partial charge in [0.1, 0.15) is 0 Å². The summed E-state index contributed by atoms with van der Waals surface area (Å²) in [6.07, 6.45) is 0. The summed E-state index contributed by atoms with van der Waals surface area (Å²) in [4.78, 5) is 0. The van der Waals surface area contributed by atoms with E-state index in [0.717, 1.165) is 11.1 Å². The Hall–Kier alpha value is -0.890. The molecule has 4 heteroatoms. The van der Waals surface area contributed by atoms with Gasteiger partial charge in [-0.25, -0.2) is 0 Å². The van der Waals surface area contributed by atoms with Crippen LogP contribution in [0.3, 0.4) is 0 Å². The second-order valence-corrected chi connectivity index (χ2v) is 5.91. The van der Waals surface area contributed by atoms with E-state index in [0.29, 0.717) is 13.2 Å². The molecule has 0 atom stereocenters. The number of benzene rings is 1. The van der Waals surface area contributed by atoms with Gasteiger partial charge in [-0.3, -0.25) is 4.57 Å². The summed E-state index contributed by atoms with van der Waals surface area (Å²) in [5.41, 5.74) is 3.13. The smallest absolute Gasteiger partial charge is 0.306 e. The Bertz CT molecular complexity index is 439. The summed E-state index contributed by atoms with van der Waals surface area (Å²) < 4.78 is 22.8. The lowest BCUT2D eigenvalue weighted by atomic mass is 10.1. The van der Waals surface area contributed by atoms with Crippen LogP contribution in [0.15, 0.2) is 30.1 Å². The predicted molar refractivity (Wildman–Crippen MR) is 75.7 cm³/mol. The van der Waals surface area contributed by atoms with E-state index in [4.69, 9.17) is 9.05 Å². The minimum Gasteiger partial charge on any atom is -0.306 e. The molecule has 0 unspecified atom stereocenters. The second kappa shape index (κ2) is 6.89. The Morgan fingerprint density at radius 3 is 2.11 bits per heavy atom. The number of hydrogen-bond donors (Lipinski definition) is 0. The third-order valence-corrected chi connectivity index (χ3v) is 4.42. The maximum atomic E-state index is 12.3. The van der Waals surface area contributed by atoms with Gasteiger partial charge >= 0.3 is 7.60 Å². The zero-order valence-corrected chi connectivity index (χ0v) is 12.4. The van der Waals surface area contributed by atoms with Crippen molar-refractivity contribution in [2.75, 3.05) is 13.2 Å². The third kappa shape index (κ3) is 4.41. The van der Waals surface area contributed by atoms with Gasteiger partial charge in [-0.1, -0.05) is 29.8 Å². The number of aryl methyl sites for hydroxylation is 1. The maximum Gasteiger partial charge on any atom is 0.354 e. The van der Waals surface area contributed by atoms with Gasteiger partial charge in [-0.05, 0) is 38.8 Å². The van der Waals surface area contributed by atoms with Crippen LogP contribution in [0.25, 0.3) is 5.57 Å². The van der Waals surface area contributed by atoms with Crippen LogP contribution in [0.5, 0.6) is 0 Å². The highest BCUT2D eigenvalue weighted by Gasteiger charge is 2.20. The molecule has 0 bridgehead atoms. The molecule has 0 heterocycles. The van der Waals surface area contributed by atoms with Crippen LogP contribution in [0.1, 0.15) is 31.9 Å². The lowest BCUT2D eigenvalue weighted by Crippen LogP contribution is -1.93. The van der Waals surface area contributed by atoms with Crippen molar-refractivity contribution < 1.29 is 13.6 Å². The zero-order valence-electron chi connectivity index (χ0n) is 11.5. The average molecular weight is 268 g/mol. The van der Waals surface area contributed by atoms with E-state index < -0.39 is 7.60 Å². The fourth-order valence-electron chi connectivity index (χ4n) is 1.60. The van der Waals surface area contributed by atoms with Crippen molar-refractivity contribution >= 4 is 13.2 Å². The highest BCUT2D eigenvalue weighted by molar-refractivity contribution is 7.57. The molecule has 0 fully saturated rings. The van der Waals surface area contributed by atoms with Crippen LogP contribution in [-0.4, -0.2) is 13.2 Å². The molecule has 0 saturated carbocycles. The molecule has 3 nitrogen and oxygen atoms in total. The first-order valence-electron chi connectivity index (χ1n) is 6.16. The Labute approximate surface area is 109 Å². The lowest BCUT2D eigenvalue weighted by Gasteiger charge is -2.14. The molecule has 1 aromatic carbocycles. The molecule has 0 amide bonds. The number of hydrogen-bond acceptors (Lipinski definition) is 3. The Morgan fingerprint density at radius 1 is 1.17 bits per heavy atom. The van der Waals surface area contributed by atoms with Crippen molar-refractivity contribution in [3.63, 3.8) is 0 Å². The summed E-state index contributed by atoms with van der Waals surface area (Å²) in [6, 6.07) is 8.06. The quantitative estimate of drug-likeness (QED) is 0.706. The summed E-state index contributed by atoms with van der Waals surface area (Å²) >= 11 is 0. The zero-order chi connectivity index (χ0) is 13.6. The minimum atomic E-state index is -3.11. The van der Waals surface area contributed by atoms with Crippen molar-refractivity contribution in [1.29, 1.82) is 0 Å². The van der Waals surface area contributed by atoms with Gasteiger partial charge in [0.2, 0.25) is 0 Å². The number of rotatable bonds is 6. The Kier molecular flexibility index (Phi) is 5.80. The van der Waals surface area contributed by atoms with E-state index in [-0.39, 0.29) is 0 Å². The molecule has 0 aliphatic rings. The van der Waals surface area contributed by atoms with Crippen LogP contribution in [0.4, 0.5) is 0 Å². The molecule has 1 rings (SSSR count). The molecule has 0 spiro atoms. The molecular formula is C14H21O3P. The van der Waals surface area contributed by atoms with E-state index in [2.05, 4.69) is 0 Å². The van der Waals surface area contributed by atoms with Crippen LogP contribution in [0.2, 0.25) is 0 Å². The normalized spacial score (nSPS) is 12.8. The molecule has 0 aliphatic carbocycles. The fraction of sp³-hybridized carbons (Fsp3) is 0.429. The monoisotopic (exact) mass is 268 g/mol. The summed E-state index contributed by atoms with van der Waals surface area (Å²) in [5, 5.41) is 0. The van der Waals surface area contributed by atoms with Gasteiger partial charge < -0.3 is 9.05 Å². The standard InChI is InChI=1S/C14H21O3P/c1-5-16-18(15,17-6-2)11-13(4)14-9-7-12(3)8-10-14/h7-11H,5-6H2,1-4H3/b13-11+. The van der Waals surface area contributed by atoms with Gasteiger partial charge in [0.15, 0.2) is 0 Å². The predicted octanol–water partition coefficient (Wildman–Crippen LogP) is 4.62. The largest absolute Gasteiger partial charge is 0.354 e. The van der Waals surface area contributed by atoms with Gasteiger partial charge in [0.05, 0.1) is 13.2 Å². The molecule has 1 aromatic rings. The third-order valence-electron chi connectivity index (χ3n) is 2.48. The molecule has 0 radical (unpaired) electrons. The molecule has 0 aromatic heterocycles. The van der Waals surface area contributed by atoms with E-state index in [9.17, 15) is 4.57 Å². The summed E-state index contributed by atoms with van der Waals surface area (Å²) in [5.74, 6) is 1.60. The first-order valence-corrected chi connectivity index (χ1v) is 7.77. The highest BCUT2D eigenvalue weighted by atomic mass is 31.2. The summed E-state index contributed by atoms with van der Waals surface area (Å²) in [7, 11) is -3.11. The van der Waals surface area contributed by atoms with Crippen LogP contribution in [-0.2, 0) is 13.6 Å². The average Bonchev–Trinajstić information content (AvgIpc) is 2.30. The van der Waals surface area contributed by atoms with E-state index in [1.807, 2.05) is 38.1 Å². The molecule has 0 saturated heterocycles. The van der Waals surface area contributed by atoms with Crippen molar-refractivity contribution in [2.24, 2.45) is 0 Å². The first kappa shape index (κ1) is 15.2. The van der Waals surface area contributed by atoms with E-state index >= 15 is 0 Å². The van der Waals surface area contributed by atoms with Crippen LogP contribution < -0.4 is 0 Å². The number of allylic oxidation sites excluding steroid dienone is 1. The first-order chi connectivity index (χ1) is 8.50. The van der Waals surface area contributed by atoms with E-state index in [1.54, 1.807) is 19.7 Å². The van der Waals surface area contributed by atoms with Gasteiger partial charge in [-0.15, -0.1) is 0 Å². The molecule has 0 aliphatic heterocycles. The highest BCUT2D eigenvalue weighted by Crippen LogP contribution is 2.51. The maximum absolute atomic E-state index is 12.3. The molecule has 100 valence electrons. The Balaban J connectivity index is 2.98. The van der Waals surface area contributed by atoms with Crippen molar-refractivity contribution in [3.8, 4) is 0 Å².